The zero-order chi connectivity index (χ0) is 21.5. The number of anilines is 1. The van der Waals surface area contributed by atoms with Gasteiger partial charge in [0.25, 0.3) is 5.91 Å². The van der Waals surface area contributed by atoms with E-state index in [1.807, 2.05) is 24.3 Å². The van der Waals surface area contributed by atoms with Gasteiger partial charge < -0.3 is 19.8 Å². The van der Waals surface area contributed by atoms with Crippen molar-refractivity contribution in [2.45, 2.75) is 39.3 Å². The van der Waals surface area contributed by atoms with Crippen LogP contribution in [-0.2, 0) is 17.6 Å². The first kappa shape index (κ1) is 19.9. The second-order valence-electron chi connectivity index (χ2n) is 8.11. The smallest absolute Gasteiger partial charge is 0.338 e. The summed E-state index contributed by atoms with van der Waals surface area (Å²) in [6.07, 6.45) is 2.72. The summed E-state index contributed by atoms with van der Waals surface area (Å²) in [7, 11) is 0. The number of hydrogen-bond donors (Lipinski definition) is 2. The molecule has 5 rings (SSSR count). The molecular formula is C24H24N2O4S. The first-order chi connectivity index (χ1) is 15.0. The Hall–Kier alpha value is -3.06. The fraction of sp³-hybridized carbons (Fsp3) is 0.333. The molecule has 1 aliphatic carbocycles. The highest BCUT2D eigenvalue weighted by atomic mass is 32.1. The average molecular weight is 437 g/mol. The second-order valence-corrected chi connectivity index (χ2v) is 9.21. The van der Waals surface area contributed by atoms with E-state index >= 15 is 0 Å². The minimum absolute atomic E-state index is 0.0393. The molecule has 7 heteroatoms. The number of carbonyl (C=O) groups is 2. The largest absolute Gasteiger partial charge is 0.462 e. The molecule has 3 heterocycles. The molecule has 0 saturated carbocycles. The number of esters is 1. The lowest BCUT2D eigenvalue weighted by atomic mass is 9.88. The van der Waals surface area contributed by atoms with Gasteiger partial charge in [0.15, 0.2) is 6.17 Å². The standard InChI is InChI=1S/C24H24N2O4S/c1-3-29-24(28)15-7-5-14(6-8-15)17-10-11-18(30-17)21-25-22(27)20-16-9-4-13(2)12-19(16)31-23(20)26-21/h5-8,10-11,13,21,26H,3-4,9,12H2,1-2H3,(H,25,27)/t13-,21+/m0/s1. The van der Waals surface area contributed by atoms with E-state index in [0.717, 1.165) is 35.4 Å². The van der Waals surface area contributed by atoms with E-state index in [2.05, 4.69) is 17.6 Å². The molecule has 1 amide bonds. The van der Waals surface area contributed by atoms with Crippen molar-refractivity contribution in [2.75, 3.05) is 11.9 Å². The molecule has 0 unspecified atom stereocenters. The number of nitrogens with one attached hydrogen (secondary N) is 2. The van der Waals surface area contributed by atoms with E-state index in [4.69, 9.17) is 9.15 Å². The van der Waals surface area contributed by atoms with Crippen LogP contribution >= 0.6 is 11.3 Å². The lowest BCUT2D eigenvalue weighted by Crippen LogP contribution is -2.38. The van der Waals surface area contributed by atoms with Crippen molar-refractivity contribution in [1.82, 2.24) is 5.32 Å². The molecule has 2 aromatic heterocycles. The summed E-state index contributed by atoms with van der Waals surface area (Å²) in [6, 6.07) is 10.8. The molecule has 2 aliphatic rings. The van der Waals surface area contributed by atoms with Crippen LogP contribution in [0.2, 0.25) is 0 Å². The normalized spacial score (nSPS) is 19.7. The van der Waals surface area contributed by atoms with Gasteiger partial charge in [0.05, 0.1) is 17.7 Å². The van der Waals surface area contributed by atoms with Crippen molar-refractivity contribution in [3.63, 3.8) is 0 Å². The summed E-state index contributed by atoms with van der Waals surface area (Å²) in [5, 5.41) is 7.43. The molecule has 160 valence electrons. The van der Waals surface area contributed by atoms with Gasteiger partial charge in [-0.05, 0) is 61.9 Å². The number of thiophene rings is 1. The van der Waals surface area contributed by atoms with E-state index in [1.54, 1.807) is 30.4 Å². The zero-order valence-corrected chi connectivity index (χ0v) is 18.3. The molecule has 0 spiro atoms. The predicted octanol–water partition coefficient (Wildman–Crippen LogP) is 5.16. The van der Waals surface area contributed by atoms with Crippen LogP contribution in [0.1, 0.15) is 63.4 Å². The third kappa shape index (κ3) is 3.63. The maximum absolute atomic E-state index is 12.9. The molecule has 2 atom stereocenters. The lowest BCUT2D eigenvalue weighted by Gasteiger charge is -2.25. The summed E-state index contributed by atoms with van der Waals surface area (Å²) in [4.78, 5) is 26.0. The van der Waals surface area contributed by atoms with E-state index in [0.29, 0.717) is 29.6 Å². The minimum Gasteiger partial charge on any atom is -0.462 e. The van der Waals surface area contributed by atoms with Crippen LogP contribution in [0.5, 0.6) is 0 Å². The van der Waals surface area contributed by atoms with Crippen molar-refractivity contribution in [3.8, 4) is 11.3 Å². The maximum atomic E-state index is 12.9. The summed E-state index contributed by atoms with van der Waals surface area (Å²) in [5.41, 5.74) is 3.37. The molecule has 0 fully saturated rings. The molecule has 3 aromatic rings. The monoisotopic (exact) mass is 436 g/mol. The number of amides is 1. The Labute approximate surface area is 184 Å². The summed E-state index contributed by atoms with van der Waals surface area (Å²) < 4.78 is 11.1. The summed E-state index contributed by atoms with van der Waals surface area (Å²) >= 11 is 1.70. The number of fused-ring (bicyclic) bond motifs is 3. The second kappa shape index (κ2) is 7.89. The number of rotatable bonds is 4. The molecule has 1 aromatic carbocycles. The Morgan fingerprint density at radius 3 is 2.77 bits per heavy atom. The van der Waals surface area contributed by atoms with E-state index < -0.39 is 6.17 Å². The van der Waals surface area contributed by atoms with Gasteiger partial charge in [-0.1, -0.05) is 19.1 Å². The number of ether oxygens (including phenoxy) is 1. The first-order valence-corrected chi connectivity index (χ1v) is 11.4. The summed E-state index contributed by atoms with van der Waals surface area (Å²) in [6.45, 7) is 4.39. The van der Waals surface area contributed by atoms with Crippen molar-refractivity contribution < 1.29 is 18.7 Å². The number of carbonyl (C=O) groups excluding carboxylic acids is 2. The highest BCUT2D eigenvalue weighted by molar-refractivity contribution is 7.16. The predicted molar refractivity (Wildman–Crippen MR) is 119 cm³/mol. The summed E-state index contributed by atoms with van der Waals surface area (Å²) in [5.74, 6) is 1.60. The van der Waals surface area contributed by atoms with E-state index in [-0.39, 0.29) is 11.9 Å². The van der Waals surface area contributed by atoms with Gasteiger partial charge in [-0.3, -0.25) is 4.79 Å². The Bertz CT molecular complexity index is 1150. The van der Waals surface area contributed by atoms with Gasteiger partial charge >= 0.3 is 5.97 Å². The number of hydrogen-bond acceptors (Lipinski definition) is 6. The average Bonchev–Trinajstić information content (AvgIpc) is 3.38. The molecular weight excluding hydrogens is 412 g/mol. The third-order valence-corrected chi connectivity index (χ3v) is 7.07. The van der Waals surface area contributed by atoms with E-state index in [9.17, 15) is 9.59 Å². The Morgan fingerprint density at radius 1 is 1.19 bits per heavy atom. The van der Waals surface area contributed by atoms with Crippen LogP contribution in [0.15, 0.2) is 40.8 Å². The number of furan rings is 1. The first-order valence-electron chi connectivity index (χ1n) is 10.6. The number of benzene rings is 1. The van der Waals surface area contributed by atoms with Crippen molar-refractivity contribution >= 4 is 28.2 Å². The molecule has 6 nitrogen and oxygen atoms in total. The van der Waals surface area contributed by atoms with Gasteiger partial charge in [-0.25, -0.2) is 4.79 Å². The Balaban J connectivity index is 1.36. The zero-order valence-electron chi connectivity index (χ0n) is 17.5. The van der Waals surface area contributed by atoms with Gasteiger partial charge in [-0.2, -0.15) is 0 Å². The molecule has 0 saturated heterocycles. The molecule has 2 N–H and O–H groups in total. The van der Waals surface area contributed by atoms with Crippen LogP contribution in [0.3, 0.4) is 0 Å². The molecule has 31 heavy (non-hydrogen) atoms. The molecule has 0 radical (unpaired) electrons. The van der Waals surface area contributed by atoms with Crippen LogP contribution in [0.4, 0.5) is 5.00 Å². The molecule has 1 aliphatic heterocycles. The van der Waals surface area contributed by atoms with Gasteiger partial charge in [0, 0.05) is 10.4 Å². The Kier molecular flexibility index (Phi) is 5.06. The quantitative estimate of drug-likeness (QED) is 0.552. The SMILES string of the molecule is CCOC(=O)c1ccc(-c2ccc([C@@H]3NC(=O)c4c(sc5c4CC[C@H](C)C5)N3)o2)cc1. The fourth-order valence-electron chi connectivity index (χ4n) is 4.25. The van der Waals surface area contributed by atoms with Gasteiger partial charge in [-0.15, -0.1) is 11.3 Å². The highest BCUT2D eigenvalue weighted by Gasteiger charge is 2.34. The van der Waals surface area contributed by atoms with Crippen molar-refractivity contribution in [2.24, 2.45) is 5.92 Å². The fourth-order valence-corrected chi connectivity index (χ4v) is 5.69. The highest BCUT2D eigenvalue weighted by Crippen LogP contribution is 2.42. The molecule has 0 bridgehead atoms. The van der Waals surface area contributed by atoms with E-state index in [1.165, 1.54) is 10.4 Å². The van der Waals surface area contributed by atoms with Crippen molar-refractivity contribution in [3.05, 3.63) is 63.7 Å². The van der Waals surface area contributed by atoms with Gasteiger partial charge in [0.1, 0.15) is 16.5 Å². The lowest BCUT2D eigenvalue weighted by molar-refractivity contribution is 0.0526. The van der Waals surface area contributed by atoms with Crippen molar-refractivity contribution in [1.29, 1.82) is 0 Å². The minimum atomic E-state index is -0.412. The van der Waals surface area contributed by atoms with Crippen LogP contribution in [-0.4, -0.2) is 18.5 Å². The maximum Gasteiger partial charge on any atom is 0.338 e. The van der Waals surface area contributed by atoms with Crippen LogP contribution in [0.25, 0.3) is 11.3 Å². The topological polar surface area (TPSA) is 80.6 Å². The van der Waals surface area contributed by atoms with Crippen LogP contribution < -0.4 is 10.6 Å². The third-order valence-electron chi connectivity index (χ3n) is 5.88. The Morgan fingerprint density at radius 2 is 2.00 bits per heavy atom. The van der Waals surface area contributed by atoms with Gasteiger partial charge in [0.2, 0.25) is 0 Å². The van der Waals surface area contributed by atoms with Crippen LogP contribution in [0, 0.1) is 5.92 Å².